The van der Waals surface area contributed by atoms with Crippen LogP contribution in [0.5, 0.6) is 0 Å². The number of guanidine groups is 1. The molecule has 9 nitrogen and oxygen atoms in total. The standard InChI is InChI=1S/C21H33N7O2S.HI/c1-16-19(17(2)27(5)25-16)15-24-21(22-3)23-14-18-8-6-7-9-20(18)31(29,30)28-12-10-26(4)11-13-28;/h6-9H,10-15H2,1-5H3,(H2,22,23,24);1H. The molecule has 1 aliphatic heterocycles. The Morgan fingerprint density at radius 2 is 1.69 bits per heavy atom. The maximum absolute atomic E-state index is 13.2. The number of piperazine rings is 1. The lowest BCUT2D eigenvalue weighted by molar-refractivity contribution is 0.222. The number of aryl methyl sites for hydroxylation is 2. The Morgan fingerprint density at radius 3 is 2.28 bits per heavy atom. The van der Waals surface area contributed by atoms with Crippen LogP contribution in [0.15, 0.2) is 34.2 Å². The number of nitrogens with one attached hydrogen (secondary N) is 2. The zero-order valence-corrected chi connectivity index (χ0v) is 22.6. The van der Waals surface area contributed by atoms with Gasteiger partial charge in [0, 0.05) is 64.6 Å². The molecule has 1 aromatic heterocycles. The van der Waals surface area contributed by atoms with Crippen LogP contribution in [0, 0.1) is 13.8 Å². The van der Waals surface area contributed by atoms with Crippen LogP contribution in [0.2, 0.25) is 0 Å². The molecule has 0 aliphatic carbocycles. The van der Waals surface area contributed by atoms with Gasteiger partial charge in [-0.25, -0.2) is 8.42 Å². The third kappa shape index (κ3) is 6.00. The van der Waals surface area contributed by atoms with E-state index in [0.717, 1.165) is 35.6 Å². The number of hydrogen-bond donors (Lipinski definition) is 2. The quantitative estimate of drug-likeness (QED) is 0.308. The van der Waals surface area contributed by atoms with Gasteiger partial charge in [-0.15, -0.1) is 24.0 Å². The van der Waals surface area contributed by atoms with Gasteiger partial charge in [0.1, 0.15) is 0 Å². The van der Waals surface area contributed by atoms with Crippen LogP contribution < -0.4 is 10.6 Å². The second kappa shape index (κ2) is 11.4. The van der Waals surface area contributed by atoms with E-state index in [9.17, 15) is 8.42 Å². The van der Waals surface area contributed by atoms with Crippen molar-refractivity contribution >= 4 is 40.0 Å². The Balaban J connectivity index is 0.00000363. The number of nitrogens with zero attached hydrogens (tertiary/aromatic N) is 5. The Labute approximate surface area is 208 Å². The topological polar surface area (TPSA) is 94.9 Å². The molecule has 0 amide bonds. The first kappa shape index (κ1) is 26.6. The fourth-order valence-electron chi connectivity index (χ4n) is 3.71. The summed E-state index contributed by atoms with van der Waals surface area (Å²) >= 11 is 0. The SMILES string of the molecule is CN=C(NCc1ccccc1S(=O)(=O)N1CCN(C)CC1)NCc1c(C)nn(C)c1C.I. The van der Waals surface area contributed by atoms with Crippen LogP contribution in [0.4, 0.5) is 0 Å². The van der Waals surface area contributed by atoms with Crippen molar-refractivity contribution < 1.29 is 8.42 Å². The second-order valence-corrected chi connectivity index (χ2v) is 9.77. The summed E-state index contributed by atoms with van der Waals surface area (Å²) in [4.78, 5) is 6.76. The van der Waals surface area contributed by atoms with Gasteiger partial charge in [-0.3, -0.25) is 9.67 Å². The van der Waals surface area contributed by atoms with Gasteiger partial charge in [0.25, 0.3) is 0 Å². The number of hydrogen-bond acceptors (Lipinski definition) is 5. The van der Waals surface area contributed by atoms with Gasteiger partial charge in [-0.2, -0.15) is 9.40 Å². The number of halogens is 1. The van der Waals surface area contributed by atoms with Crippen molar-refractivity contribution in [2.45, 2.75) is 31.8 Å². The van der Waals surface area contributed by atoms with E-state index in [1.165, 1.54) is 0 Å². The first-order chi connectivity index (χ1) is 14.7. The van der Waals surface area contributed by atoms with Crippen molar-refractivity contribution in [1.82, 2.24) is 29.6 Å². The first-order valence-electron chi connectivity index (χ1n) is 10.4. The van der Waals surface area contributed by atoms with Crippen LogP contribution in [0.3, 0.4) is 0 Å². The van der Waals surface area contributed by atoms with Crippen molar-refractivity contribution in [3.05, 3.63) is 46.8 Å². The van der Waals surface area contributed by atoms with Crippen molar-refractivity contribution in [2.24, 2.45) is 12.0 Å². The number of benzene rings is 1. The monoisotopic (exact) mass is 575 g/mol. The van der Waals surface area contributed by atoms with Gasteiger partial charge in [-0.05, 0) is 32.5 Å². The van der Waals surface area contributed by atoms with Gasteiger partial charge in [0.2, 0.25) is 10.0 Å². The van der Waals surface area contributed by atoms with E-state index in [2.05, 4.69) is 25.6 Å². The van der Waals surface area contributed by atoms with Gasteiger partial charge in [0.05, 0.1) is 10.6 Å². The van der Waals surface area contributed by atoms with E-state index in [4.69, 9.17) is 0 Å². The van der Waals surface area contributed by atoms with Crippen LogP contribution in [0.1, 0.15) is 22.5 Å². The normalized spacial score (nSPS) is 16.0. The van der Waals surface area contributed by atoms with Crippen molar-refractivity contribution in [3.8, 4) is 0 Å². The summed E-state index contributed by atoms with van der Waals surface area (Å²) in [5.41, 5.74) is 3.93. The number of likely N-dealkylation sites (N-methyl/N-ethyl adjacent to an activating group) is 1. The van der Waals surface area contributed by atoms with Gasteiger partial charge in [-0.1, -0.05) is 18.2 Å². The highest BCUT2D eigenvalue weighted by Gasteiger charge is 2.29. The van der Waals surface area contributed by atoms with E-state index in [0.29, 0.717) is 37.0 Å². The van der Waals surface area contributed by atoms with Gasteiger partial charge < -0.3 is 15.5 Å². The third-order valence-electron chi connectivity index (χ3n) is 5.81. The van der Waals surface area contributed by atoms with Crippen molar-refractivity contribution in [3.63, 3.8) is 0 Å². The predicted molar refractivity (Wildman–Crippen MR) is 138 cm³/mol. The molecule has 3 rings (SSSR count). The lowest BCUT2D eigenvalue weighted by atomic mass is 10.2. The Bertz CT molecular complexity index is 1040. The third-order valence-corrected chi connectivity index (χ3v) is 7.81. The van der Waals surface area contributed by atoms with Crippen LogP contribution in [0.25, 0.3) is 0 Å². The minimum Gasteiger partial charge on any atom is -0.352 e. The minimum atomic E-state index is -3.54. The molecule has 1 saturated heterocycles. The maximum Gasteiger partial charge on any atom is 0.243 e. The summed E-state index contributed by atoms with van der Waals surface area (Å²) in [5.74, 6) is 0.606. The molecule has 32 heavy (non-hydrogen) atoms. The molecule has 11 heteroatoms. The zero-order chi connectivity index (χ0) is 22.6. The van der Waals surface area contributed by atoms with Crippen molar-refractivity contribution in [2.75, 3.05) is 40.3 Å². The highest BCUT2D eigenvalue weighted by molar-refractivity contribution is 14.0. The van der Waals surface area contributed by atoms with Gasteiger partial charge in [0.15, 0.2) is 5.96 Å². The predicted octanol–water partition coefficient (Wildman–Crippen LogP) is 1.46. The van der Waals surface area contributed by atoms with E-state index in [-0.39, 0.29) is 24.0 Å². The molecule has 0 spiro atoms. The largest absolute Gasteiger partial charge is 0.352 e. The molecule has 0 atom stereocenters. The van der Waals surface area contributed by atoms with Crippen LogP contribution >= 0.6 is 24.0 Å². The minimum absolute atomic E-state index is 0. The summed E-state index contributed by atoms with van der Waals surface area (Å²) in [6.45, 7) is 7.46. The Hall–Kier alpha value is -1.70. The van der Waals surface area contributed by atoms with E-state index >= 15 is 0 Å². The van der Waals surface area contributed by atoms with Crippen LogP contribution in [-0.4, -0.2) is 73.6 Å². The molecule has 0 bridgehead atoms. The Morgan fingerprint density at radius 1 is 1.06 bits per heavy atom. The summed E-state index contributed by atoms with van der Waals surface area (Å²) in [6.07, 6.45) is 0. The average Bonchev–Trinajstić information content (AvgIpc) is 3.00. The fourth-order valence-corrected chi connectivity index (χ4v) is 5.36. The maximum atomic E-state index is 13.2. The summed E-state index contributed by atoms with van der Waals surface area (Å²) < 4.78 is 29.9. The molecule has 1 aliphatic rings. The Kier molecular flexibility index (Phi) is 9.49. The number of sulfonamides is 1. The lowest BCUT2D eigenvalue weighted by Gasteiger charge is -2.32. The number of rotatable bonds is 6. The second-order valence-electron chi connectivity index (χ2n) is 7.87. The molecular formula is C21H34IN7O2S. The molecule has 0 unspecified atom stereocenters. The molecule has 2 heterocycles. The van der Waals surface area contributed by atoms with E-state index < -0.39 is 10.0 Å². The van der Waals surface area contributed by atoms with Crippen molar-refractivity contribution in [1.29, 1.82) is 0 Å². The lowest BCUT2D eigenvalue weighted by Crippen LogP contribution is -2.47. The summed E-state index contributed by atoms with van der Waals surface area (Å²) in [6, 6.07) is 7.16. The van der Waals surface area contributed by atoms with Gasteiger partial charge >= 0.3 is 0 Å². The molecule has 178 valence electrons. The fraction of sp³-hybridized carbons (Fsp3) is 0.524. The molecule has 1 fully saturated rings. The highest BCUT2D eigenvalue weighted by atomic mass is 127. The molecule has 0 radical (unpaired) electrons. The molecule has 2 N–H and O–H groups in total. The summed E-state index contributed by atoms with van der Waals surface area (Å²) in [7, 11) is 2.10. The van der Waals surface area contributed by atoms with Crippen LogP contribution in [-0.2, 0) is 30.2 Å². The van der Waals surface area contributed by atoms with E-state index in [1.54, 1.807) is 23.5 Å². The average molecular weight is 576 g/mol. The molecule has 0 saturated carbocycles. The highest BCUT2D eigenvalue weighted by Crippen LogP contribution is 2.21. The number of aromatic nitrogens is 2. The smallest absolute Gasteiger partial charge is 0.243 e. The molecular weight excluding hydrogens is 541 g/mol. The summed E-state index contributed by atoms with van der Waals surface area (Å²) in [5, 5.41) is 11.0. The first-order valence-corrected chi connectivity index (χ1v) is 11.9. The molecule has 2 aromatic rings. The molecule has 1 aromatic carbocycles. The number of aliphatic imine (C=N–C) groups is 1. The van der Waals surface area contributed by atoms with E-state index in [1.807, 2.05) is 44.8 Å². The zero-order valence-electron chi connectivity index (χ0n) is 19.4.